The van der Waals surface area contributed by atoms with Crippen LogP contribution >= 0.6 is 0 Å². The molecule has 1 atom stereocenters. The first-order valence-electron chi connectivity index (χ1n) is 10.4. The van der Waals surface area contributed by atoms with Gasteiger partial charge in [-0.25, -0.2) is 4.79 Å². The van der Waals surface area contributed by atoms with Crippen LogP contribution in [0, 0.1) is 5.92 Å². The van der Waals surface area contributed by atoms with Gasteiger partial charge in [-0.2, -0.15) is 0 Å². The number of amides is 4. The normalized spacial score (nSPS) is 16.4. The van der Waals surface area contributed by atoms with Gasteiger partial charge in [-0.1, -0.05) is 13.8 Å². The predicted octanol–water partition coefficient (Wildman–Crippen LogP) is 2.58. The Morgan fingerprint density at radius 1 is 1.30 bits per heavy atom. The summed E-state index contributed by atoms with van der Waals surface area (Å²) in [4.78, 5) is 41.3. The average molecular weight is 415 g/mol. The quantitative estimate of drug-likeness (QED) is 0.520. The van der Waals surface area contributed by atoms with Gasteiger partial charge in [0.2, 0.25) is 5.91 Å². The van der Waals surface area contributed by atoms with E-state index in [1.165, 1.54) is 4.90 Å². The SMILES string of the molecule is COc1ccc2[nH]cc(CCN3C(=O)N[C@@H](CCC(=O)NCCC(C)C)C3=O)c2c1. The van der Waals surface area contributed by atoms with Crippen LogP contribution in [0.2, 0.25) is 0 Å². The number of H-pyrrole nitrogens is 1. The Kier molecular flexibility index (Phi) is 6.97. The van der Waals surface area contributed by atoms with E-state index in [-0.39, 0.29) is 24.8 Å². The minimum Gasteiger partial charge on any atom is -0.497 e. The Labute approximate surface area is 176 Å². The van der Waals surface area contributed by atoms with Crippen LogP contribution in [0.4, 0.5) is 4.79 Å². The molecule has 0 bridgehead atoms. The van der Waals surface area contributed by atoms with Crippen molar-refractivity contribution >= 4 is 28.7 Å². The first-order chi connectivity index (χ1) is 14.4. The lowest BCUT2D eigenvalue weighted by Gasteiger charge is -2.13. The number of aromatic amines is 1. The van der Waals surface area contributed by atoms with Crippen LogP contribution < -0.4 is 15.4 Å². The van der Waals surface area contributed by atoms with E-state index in [9.17, 15) is 14.4 Å². The van der Waals surface area contributed by atoms with Crippen LogP contribution in [0.15, 0.2) is 24.4 Å². The van der Waals surface area contributed by atoms with Gasteiger partial charge in [0.25, 0.3) is 5.91 Å². The molecule has 1 fully saturated rings. The Hall–Kier alpha value is -3.03. The monoisotopic (exact) mass is 414 g/mol. The first kappa shape index (κ1) is 21.7. The number of hydrogen-bond donors (Lipinski definition) is 3. The minimum absolute atomic E-state index is 0.0936. The number of nitrogens with one attached hydrogen (secondary N) is 3. The topological polar surface area (TPSA) is 104 Å². The molecule has 3 N–H and O–H groups in total. The predicted molar refractivity (Wildman–Crippen MR) is 114 cm³/mol. The summed E-state index contributed by atoms with van der Waals surface area (Å²) in [6, 6.07) is 4.71. The van der Waals surface area contributed by atoms with E-state index in [1.54, 1.807) is 7.11 Å². The number of rotatable bonds is 10. The van der Waals surface area contributed by atoms with Gasteiger partial charge in [0.05, 0.1) is 7.11 Å². The van der Waals surface area contributed by atoms with Crippen molar-refractivity contribution in [3.63, 3.8) is 0 Å². The summed E-state index contributed by atoms with van der Waals surface area (Å²) in [5, 5.41) is 6.56. The highest BCUT2D eigenvalue weighted by Crippen LogP contribution is 2.24. The van der Waals surface area contributed by atoms with Gasteiger partial charge >= 0.3 is 6.03 Å². The smallest absolute Gasteiger partial charge is 0.324 e. The van der Waals surface area contributed by atoms with Crippen molar-refractivity contribution in [3.8, 4) is 5.75 Å². The molecular formula is C22H30N4O4. The van der Waals surface area contributed by atoms with Crippen LogP contribution in [-0.4, -0.2) is 54.0 Å². The molecule has 0 aliphatic carbocycles. The standard InChI is InChI=1S/C22H30N4O4/c1-14(2)8-10-23-20(27)7-6-19-21(28)26(22(29)25-19)11-9-15-13-24-18-5-4-16(30-3)12-17(15)18/h4-5,12-14,19,24H,6-11H2,1-3H3,(H,23,27)(H,25,29)/t19-/m0/s1. The molecule has 2 aromatic rings. The fourth-order valence-corrected chi connectivity index (χ4v) is 3.57. The second kappa shape index (κ2) is 9.65. The van der Waals surface area contributed by atoms with Gasteiger partial charge in [0, 0.05) is 36.6 Å². The molecule has 162 valence electrons. The minimum atomic E-state index is -0.642. The van der Waals surface area contributed by atoms with Crippen molar-refractivity contribution in [2.45, 2.75) is 45.6 Å². The molecule has 30 heavy (non-hydrogen) atoms. The summed E-state index contributed by atoms with van der Waals surface area (Å²) < 4.78 is 5.28. The molecule has 4 amide bonds. The summed E-state index contributed by atoms with van der Waals surface area (Å²) in [7, 11) is 1.62. The molecule has 8 heteroatoms. The van der Waals surface area contributed by atoms with Crippen molar-refractivity contribution in [2.24, 2.45) is 5.92 Å². The largest absolute Gasteiger partial charge is 0.497 e. The third kappa shape index (κ3) is 5.11. The van der Waals surface area contributed by atoms with Gasteiger partial charge < -0.3 is 20.4 Å². The molecule has 0 radical (unpaired) electrons. The number of benzene rings is 1. The number of urea groups is 1. The summed E-state index contributed by atoms with van der Waals surface area (Å²) in [6.07, 6.45) is 3.86. The maximum absolute atomic E-state index is 12.6. The summed E-state index contributed by atoms with van der Waals surface area (Å²) in [6.45, 7) is 5.11. The lowest BCUT2D eigenvalue weighted by Crippen LogP contribution is -2.34. The number of hydrogen-bond acceptors (Lipinski definition) is 4. The Bertz CT molecular complexity index is 921. The Morgan fingerprint density at radius 3 is 2.83 bits per heavy atom. The summed E-state index contributed by atoms with van der Waals surface area (Å²) in [5.74, 6) is 0.911. The van der Waals surface area contributed by atoms with Crippen LogP contribution in [0.1, 0.15) is 38.7 Å². The number of nitrogens with zero attached hydrogens (tertiary/aromatic N) is 1. The van der Waals surface area contributed by atoms with Crippen LogP contribution in [-0.2, 0) is 16.0 Å². The molecule has 0 spiro atoms. The lowest BCUT2D eigenvalue weighted by atomic mass is 10.1. The fourth-order valence-electron chi connectivity index (χ4n) is 3.57. The van der Waals surface area contributed by atoms with Gasteiger partial charge in [-0.3, -0.25) is 14.5 Å². The number of aromatic nitrogens is 1. The second-order valence-electron chi connectivity index (χ2n) is 8.04. The number of carbonyl (C=O) groups excluding carboxylic acids is 3. The maximum atomic E-state index is 12.6. The highest BCUT2D eigenvalue weighted by Gasteiger charge is 2.37. The molecule has 0 unspecified atom stereocenters. The van der Waals surface area contributed by atoms with Gasteiger partial charge in [0.1, 0.15) is 11.8 Å². The first-order valence-corrected chi connectivity index (χ1v) is 10.4. The molecule has 1 aliphatic rings. The highest BCUT2D eigenvalue weighted by atomic mass is 16.5. The molecule has 0 saturated carbocycles. The lowest BCUT2D eigenvalue weighted by molar-refractivity contribution is -0.127. The van der Waals surface area contributed by atoms with E-state index in [2.05, 4.69) is 29.5 Å². The van der Waals surface area contributed by atoms with E-state index in [1.807, 2.05) is 24.4 Å². The van der Waals surface area contributed by atoms with Crippen LogP contribution in [0.25, 0.3) is 10.9 Å². The summed E-state index contributed by atoms with van der Waals surface area (Å²) >= 11 is 0. The van der Waals surface area contributed by atoms with E-state index >= 15 is 0 Å². The molecule has 1 aromatic carbocycles. The van der Waals surface area contributed by atoms with E-state index in [4.69, 9.17) is 4.74 Å². The Balaban J connectivity index is 1.52. The van der Waals surface area contributed by atoms with Gasteiger partial charge in [-0.15, -0.1) is 0 Å². The van der Waals surface area contributed by atoms with Crippen molar-refractivity contribution in [1.82, 2.24) is 20.5 Å². The molecule has 3 rings (SSSR count). The molecule has 1 aromatic heterocycles. The molecule has 2 heterocycles. The number of ether oxygens (including phenoxy) is 1. The maximum Gasteiger partial charge on any atom is 0.324 e. The zero-order valence-corrected chi connectivity index (χ0v) is 17.8. The van der Waals surface area contributed by atoms with E-state index in [0.29, 0.717) is 25.3 Å². The second-order valence-corrected chi connectivity index (χ2v) is 8.04. The summed E-state index contributed by atoms with van der Waals surface area (Å²) in [5.41, 5.74) is 1.99. The number of methoxy groups -OCH3 is 1. The fraction of sp³-hybridized carbons (Fsp3) is 0.500. The number of imide groups is 1. The van der Waals surface area contributed by atoms with Gasteiger partial charge in [0.15, 0.2) is 0 Å². The van der Waals surface area contributed by atoms with E-state index in [0.717, 1.165) is 28.6 Å². The number of carbonyl (C=O) groups is 3. The third-order valence-corrected chi connectivity index (χ3v) is 5.39. The zero-order valence-electron chi connectivity index (χ0n) is 17.8. The Morgan fingerprint density at radius 2 is 2.10 bits per heavy atom. The van der Waals surface area contributed by atoms with Crippen LogP contribution in [0.3, 0.4) is 0 Å². The van der Waals surface area contributed by atoms with Crippen molar-refractivity contribution in [3.05, 3.63) is 30.0 Å². The van der Waals surface area contributed by atoms with Crippen LogP contribution in [0.5, 0.6) is 5.75 Å². The zero-order chi connectivity index (χ0) is 21.7. The van der Waals surface area contributed by atoms with E-state index < -0.39 is 12.1 Å². The van der Waals surface area contributed by atoms with Crippen molar-refractivity contribution in [2.75, 3.05) is 20.2 Å². The molecular weight excluding hydrogens is 384 g/mol. The van der Waals surface area contributed by atoms with Gasteiger partial charge in [-0.05, 0) is 48.9 Å². The highest BCUT2D eigenvalue weighted by molar-refractivity contribution is 6.04. The average Bonchev–Trinajstić information content (AvgIpc) is 3.24. The number of fused-ring (bicyclic) bond motifs is 1. The van der Waals surface area contributed by atoms with Crippen molar-refractivity contribution < 1.29 is 19.1 Å². The van der Waals surface area contributed by atoms with Crippen molar-refractivity contribution in [1.29, 1.82) is 0 Å². The molecule has 1 saturated heterocycles. The molecule has 1 aliphatic heterocycles. The molecule has 8 nitrogen and oxygen atoms in total. The third-order valence-electron chi connectivity index (χ3n) is 5.39.